The molecule has 0 saturated carbocycles. The van der Waals surface area contributed by atoms with Gasteiger partial charge < -0.3 is 29.6 Å². The summed E-state index contributed by atoms with van der Waals surface area (Å²) in [5, 5.41) is 31.6. The van der Waals surface area contributed by atoms with Gasteiger partial charge in [0.25, 0.3) is 5.91 Å². The number of piperidine rings is 1. The van der Waals surface area contributed by atoms with Crippen molar-refractivity contribution in [2.24, 2.45) is 0 Å². The Hall–Kier alpha value is -3.56. The predicted octanol–water partition coefficient (Wildman–Crippen LogP) is 4.49. The minimum absolute atomic E-state index is 0.141. The molecule has 1 amide bonds. The maximum absolute atomic E-state index is 14.3. The summed E-state index contributed by atoms with van der Waals surface area (Å²) in [6, 6.07) is 11.7. The van der Waals surface area contributed by atoms with Gasteiger partial charge in [0.1, 0.15) is 17.3 Å². The molecule has 0 unspecified atom stereocenters. The lowest BCUT2D eigenvalue weighted by molar-refractivity contribution is -0.307. The number of aliphatic hydroxyl groups is 2. The van der Waals surface area contributed by atoms with Crippen molar-refractivity contribution in [2.75, 3.05) is 13.1 Å². The number of hydrogen-bond donors (Lipinski definition) is 2. The molecule has 7 nitrogen and oxygen atoms in total. The number of benzene rings is 2. The van der Waals surface area contributed by atoms with Gasteiger partial charge in [0.05, 0.1) is 12.2 Å². The smallest absolute Gasteiger partial charge is 0.271 e. The van der Waals surface area contributed by atoms with Crippen LogP contribution < -0.4 is 5.11 Å². The van der Waals surface area contributed by atoms with Gasteiger partial charge in [-0.15, -0.1) is 0 Å². The Morgan fingerprint density at radius 3 is 1.90 bits per heavy atom. The first-order valence-electron chi connectivity index (χ1n) is 14.2. The van der Waals surface area contributed by atoms with Gasteiger partial charge in [-0.3, -0.25) is 4.79 Å². The predicted molar refractivity (Wildman–Crippen MR) is 150 cm³/mol. The summed E-state index contributed by atoms with van der Waals surface area (Å²) in [7, 11) is 0. The molecule has 1 aliphatic rings. The SMILES string of the molecule is CC(C)n1c(CC[C@@H](O)C[C@@H](O)CC(=O)[O-])c(-c2ccc(F)cc2)c(-c2ccc(F)cc2)c1C(=O)N1CCCCC1. The number of halogens is 2. The highest BCUT2D eigenvalue weighted by atomic mass is 19.1. The molecule has 1 saturated heterocycles. The molecular weight excluding hydrogens is 530 g/mol. The topological polar surface area (TPSA) is 106 Å². The van der Waals surface area contributed by atoms with Crippen LogP contribution in [0, 0.1) is 11.6 Å². The van der Waals surface area contributed by atoms with E-state index in [9.17, 15) is 33.7 Å². The summed E-state index contributed by atoms with van der Waals surface area (Å²) >= 11 is 0. The monoisotopic (exact) mass is 567 g/mol. The van der Waals surface area contributed by atoms with Gasteiger partial charge in [-0.2, -0.15) is 0 Å². The van der Waals surface area contributed by atoms with Gasteiger partial charge in [-0.05, 0) is 87.8 Å². The number of carbonyl (C=O) groups excluding carboxylic acids is 2. The van der Waals surface area contributed by atoms with Crippen LogP contribution in [0.2, 0.25) is 0 Å². The van der Waals surface area contributed by atoms with E-state index in [4.69, 9.17) is 0 Å². The Bertz CT molecular complexity index is 1350. The Morgan fingerprint density at radius 1 is 0.854 bits per heavy atom. The van der Waals surface area contributed by atoms with Crippen molar-refractivity contribution < 1.29 is 33.7 Å². The summed E-state index contributed by atoms with van der Waals surface area (Å²) < 4.78 is 30.0. The molecule has 2 aromatic carbocycles. The zero-order chi connectivity index (χ0) is 29.7. The van der Waals surface area contributed by atoms with E-state index in [1.807, 2.05) is 23.3 Å². The van der Waals surface area contributed by atoms with Gasteiger partial charge in [0.15, 0.2) is 0 Å². The van der Waals surface area contributed by atoms with Crippen LogP contribution >= 0.6 is 0 Å². The van der Waals surface area contributed by atoms with Crippen molar-refractivity contribution >= 4 is 11.9 Å². The molecule has 3 aromatic rings. The zero-order valence-corrected chi connectivity index (χ0v) is 23.5. The number of carboxylic acid groups (broad SMARTS) is 1. The number of amides is 1. The lowest BCUT2D eigenvalue weighted by atomic mass is 9.92. The van der Waals surface area contributed by atoms with E-state index in [0.29, 0.717) is 41.0 Å². The Balaban J connectivity index is 1.91. The summed E-state index contributed by atoms with van der Waals surface area (Å²) in [6.45, 7) is 5.17. The Labute approximate surface area is 239 Å². The second kappa shape index (κ2) is 13.4. The van der Waals surface area contributed by atoms with Crippen molar-refractivity contribution in [3.05, 3.63) is 71.6 Å². The molecule has 9 heteroatoms. The largest absolute Gasteiger partial charge is 0.550 e. The second-order valence-electron chi connectivity index (χ2n) is 11.0. The van der Waals surface area contributed by atoms with E-state index >= 15 is 0 Å². The standard InChI is InChI=1S/C32H38F2N2O5/c1-20(2)36-27(15-14-25(37)18-26(38)19-28(39)40)29(21-6-10-23(33)11-7-21)30(22-8-12-24(34)13-9-22)31(36)32(41)35-16-4-3-5-17-35/h6-13,20,25-26,37-38H,3-5,14-19H2,1-2H3,(H,39,40)/p-1/t25-,26-/m1/s1. The first-order chi connectivity index (χ1) is 19.6. The molecule has 0 radical (unpaired) electrons. The third kappa shape index (κ3) is 7.21. The lowest BCUT2D eigenvalue weighted by Crippen LogP contribution is -2.37. The van der Waals surface area contributed by atoms with E-state index in [1.165, 1.54) is 24.3 Å². The highest BCUT2D eigenvalue weighted by Gasteiger charge is 2.33. The van der Waals surface area contributed by atoms with Crippen molar-refractivity contribution in [3.8, 4) is 22.3 Å². The van der Waals surface area contributed by atoms with Gasteiger partial charge >= 0.3 is 0 Å². The molecular formula is C32H37F2N2O5-. The number of likely N-dealkylation sites (tertiary alicyclic amines) is 1. The van der Waals surface area contributed by atoms with Crippen LogP contribution in [0.5, 0.6) is 0 Å². The number of hydrogen-bond acceptors (Lipinski definition) is 5. The molecule has 0 spiro atoms. The quantitative estimate of drug-likeness (QED) is 0.355. The number of carboxylic acids is 1. The van der Waals surface area contributed by atoms with Crippen LogP contribution in [-0.2, 0) is 11.2 Å². The minimum atomic E-state index is -1.40. The van der Waals surface area contributed by atoms with E-state index in [0.717, 1.165) is 25.0 Å². The number of aliphatic carboxylic acids is 1. The van der Waals surface area contributed by atoms with E-state index in [1.54, 1.807) is 24.3 Å². The number of aromatic nitrogens is 1. The van der Waals surface area contributed by atoms with Crippen LogP contribution in [-0.4, -0.2) is 56.9 Å². The minimum Gasteiger partial charge on any atom is -0.550 e. The molecule has 2 heterocycles. The van der Waals surface area contributed by atoms with Crippen molar-refractivity contribution in [1.29, 1.82) is 0 Å². The molecule has 1 aromatic heterocycles. The van der Waals surface area contributed by atoms with Crippen LogP contribution in [0.1, 0.15) is 74.6 Å². The third-order valence-electron chi connectivity index (χ3n) is 7.60. The highest BCUT2D eigenvalue weighted by Crippen LogP contribution is 2.43. The van der Waals surface area contributed by atoms with E-state index < -0.39 is 36.2 Å². The maximum Gasteiger partial charge on any atom is 0.271 e. The second-order valence-corrected chi connectivity index (χ2v) is 11.0. The van der Waals surface area contributed by atoms with Gasteiger partial charge in [0, 0.05) is 48.3 Å². The maximum atomic E-state index is 14.3. The van der Waals surface area contributed by atoms with E-state index in [2.05, 4.69) is 0 Å². The summed E-state index contributed by atoms with van der Waals surface area (Å²) in [4.78, 5) is 27.0. The Kier molecular flexibility index (Phi) is 9.94. The molecule has 220 valence electrons. The molecule has 2 N–H and O–H groups in total. The fourth-order valence-electron chi connectivity index (χ4n) is 5.75. The van der Waals surface area contributed by atoms with Crippen LogP contribution in [0.25, 0.3) is 22.3 Å². The van der Waals surface area contributed by atoms with E-state index in [-0.39, 0.29) is 31.2 Å². The van der Waals surface area contributed by atoms with Crippen molar-refractivity contribution in [2.45, 2.75) is 77.0 Å². The lowest BCUT2D eigenvalue weighted by Gasteiger charge is -2.28. The molecule has 0 bridgehead atoms. The molecule has 1 aliphatic heterocycles. The summed E-state index contributed by atoms with van der Waals surface area (Å²) in [5.74, 6) is -2.37. The average Bonchev–Trinajstić information content (AvgIpc) is 3.27. The molecule has 41 heavy (non-hydrogen) atoms. The molecule has 0 aliphatic carbocycles. The fourth-order valence-corrected chi connectivity index (χ4v) is 5.75. The molecule has 4 rings (SSSR count). The Morgan fingerprint density at radius 2 is 1.39 bits per heavy atom. The molecule has 2 atom stereocenters. The molecule has 1 fully saturated rings. The number of carbonyl (C=O) groups is 2. The first-order valence-corrected chi connectivity index (χ1v) is 14.2. The summed E-state index contributed by atoms with van der Waals surface area (Å²) in [6.07, 6.45) is 0.312. The van der Waals surface area contributed by atoms with Gasteiger partial charge in [-0.25, -0.2) is 8.78 Å². The van der Waals surface area contributed by atoms with Crippen LogP contribution in [0.4, 0.5) is 8.78 Å². The number of aliphatic hydroxyl groups excluding tert-OH is 2. The van der Waals surface area contributed by atoms with Gasteiger partial charge in [-0.1, -0.05) is 24.3 Å². The van der Waals surface area contributed by atoms with Crippen LogP contribution in [0.15, 0.2) is 48.5 Å². The third-order valence-corrected chi connectivity index (χ3v) is 7.60. The average molecular weight is 568 g/mol. The highest BCUT2D eigenvalue weighted by molar-refractivity contribution is 6.05. The van der Waals surface area contributed by atoms with Crippen molar-refractivity contribution in [1.82, 2.24) is 9.47 Å². The summed E-state index contributed by atoms with van der Waals surface area (Å²) in [5.41, 5.74) is 3.79. The van der Waals surface area contributed by atoms with Crippen LogP contribution in [0.3, 0.4) is 0 Å². The fraction of sp³-hybridized carbons (Fsp3) is 0.438. The number of rotatable bonds is 11. The normalized spacial score (nSPS) is 15.2. The number of nitrogens with zero attached hydrogens (tertiary/aromatic N) is 2. The zero-order valence-electron chi connectivity index (χ0n) is 23.5. The van der Waals surface area contributed by atoms with Crippen molar-refractivity contribution in [3.63, 3.8) is 0 Å². The van der Waals surface area contributed by atoms with Gasteiger partial charge in [0.2, 0.25) is 0 Å². The first kappa shape index (κ1) is 30.4.